The fourth-order valence-corrected chi connectivity index (χ4v) is 6.21. The van der Waals surface area contributed by atoms with Crippen molar-refractivity contribution in [1.29, 1.82) is 0 Å². The van der Waals surface area contributed by atoms with Crippen molar-refractivity contribution in [2.24, 2.45) is 5.73 Å². The first-order chi connectivity index (χ1) is 31.8. The number of carbonyl (C=O) groups is 2. The fourth-order valence-electron chi connectivity index (χ4n) is 5.45. The Balaban J connectivity index is 4.34. The van der Waals surface area contributed by atoms with Crippen LogP contribution in [0, 0.1) is 0 Å². The van der Waals surface area contributed by atoms with Gasteiger partial charge >= 0.3 is 19.8 Å². The van der Waals surface area contributed by atoms with Crippen molar-refractivity contribution in [3.05, 3.63) is 158 Å². The van der Waals surface area contributed by atoms with Crippen molar-refractivity contribution >= 4 is 19.8 Å². The largest absolute Gasteiger partial charge is 0.472 e. The maximum absolute atomic E-state index is 12.6. The third kappa shape index (κ3) is 48.9. The van der Waals surface area contributed by atoms with Gasteiger partial charge < -0.3 is 20.1 Å². The first-order valence-corrected chi connectivity index (χ1v) is 25.5. The molecule has 3 N–H and O–H groups in total. The molecule has 0 aliphatic rings. The van der Waals surface area contributed by atoms with Crippen LogP contribution in [0.2, 0.25) is 0 Å². The second-order valence-corrected chi connectivity index (χ2v) is 16.3. The minimum atomic E-state index is -4.42. The Hall–Kier alpha value is -4.37. The van der Waals surface area contributed by atoms with Gasteiger partial charge in [0.25, 0.3) is 0 Å². The molecule has 0 aromatic carbocycles. The van der Waals surface area contributed by atoms with Gasteiger partial charge in [0.15, 0.2) is 6.10 Å². The molecule has 0 rings (SSSR count). The van der Waals surface area contributed by atoms with Gasteiger partial charge in [-0.15, -0.1) is 0 Å². The predicted octanol–water partition coefficient (Wildman–Crippen LogP) is 14.6. The SMILES string of the molecule is CC/C=C\C/C=C\C/C=C\C/C=C\C/C=C\C/C=C\C/C=C\CCCC(=O)OC(COC(=O)CCCC/C=C\C/C=C\C/C=C\C/C=C\C/C=C\C/C=C\CC)COP(=O)(O)OCCN. The lowest BCUT2D eigenvalue weighted by molar-refractivity contribution is -0.161. The van der Waals surface area contributed by atoms with E-state index < -0.39 is 32.5 Å². The molecule has 2 unspecified atom stereocenters. The van der Waals surface area contributed by atoms with E-state index >= 15 is 0 Å². The van der Waals surface area contributed by atoms with Crippen molar-refractivity contribution in [2.75, 3.05) is 26.4 Å². The van der Waals surface area contributed by atoms with Crippen molar-refractivity contribution in [1.82, 2.24) is 0 Å². The second kappa shape index (κ2) is 49.1. The highest BCUT2D eigenvalue weighted by atomic mass is 31.2. The van der Waals surface area contributed by atoms with E-state index in [4.69, 9.17) is 24.3 Å². The van der Waals surface area contributed by atoms with Crippen molar-refractivity contribution in [3.63, 3.8) is 0 Å². The smallest absolute Gasteiger partial charge is 0.462 e. The summed E-state index contributed by atoms with van der Waals surface area (Å²) in [6.45, 7) is 3.35. The van der Waals surface area contributed by atoms with Gasteiger partial charge in [0.1, 0.15) is 6.61 Å². The van der Waals surface area contributed by atoms with E-state index in [-0.39, 0.29) is 32.6 Å². The lowest BCUT2D eigenvalue weighted by atomic mass is 10.2. The minimum Gasteiger partial charge on any atom is -0.462 e. The fraction of sp³-hybridized carbons (Fsp3) is 0.491. The number of hydrogen-bond donors (Lipinski definition) is 2. The van der Waals surface area contributed by atoms with E-state index in [1.807, 2.05) is 6.08 Å². The molecule has 9 nitrogen and oxygen atoms in total. The summed E-state index contributed by atoms with van der Waals surface area (Å²) in [5, 5.41) is 0. The third-order valence-electron chi connectivity index (χ3n) is 8.91. The van der Waals surface area contributed by atoms with Crippen LogP contribution in [0.5, 0.6) is 0 Å². The molecule has 0 saturated heterocycles. The summed E-state index contributed by atoms with van der Waals surface area (Å²) >= 11 is 0. The van der Waals surface area contributed by atoms with Crippen molar-refractivity contribution in [2.45, 2.75) is 148 Å². The average Bonchev–Trinajstić information content (AvgIpc) is 3.30. The Bertz CT molecular complexity index is 1610. The molecule has 0 aliphatic carbocycles. The van der Waals surface area contributed by atoms with Gasteiger partial charge in [0.05, 0.1) is 13.2 Å². The highest BCUT2D eigenvalue weighted by Gasteiger charge is 2.25. The van der Waals surface area contributed by atoms with Crippen LogP contribution in [0.3, 0.4) is 0 Å². The van der Waals surface area contributed by atoms with Crippen molar-refractivity contribution < 1.29 is 37.6 Å². The maximum Gasteiger partial charge on any atom is 0.472 e. The minimum absolute atomic E-state index is 0.0276. The van der Waals surface area contributed by atoms with Crippen LogP contribution in [-0.2, 0) is 32.7 Å². The lowest BCUT2D eigenvalue weighted by Gasteiger charge is -2.19. The molecular formula is C55H84NO8P. The van der Waals surface area contributed by atoms with E-state index in [9.17, 15) is 19.0 Å². The Morgan fingerprint density at radius 3 is 1.17 bits per heavy atom. The van der Waals surface area contributed by atoms with Gasteiger partial charge in [-0.3, -0.25) is 18.6 Å². The molecule has 0 saturated carbocycles. The van der Waals surface area contributed by atoms with E-state index in [0.29, 0.717) is 19.3 Å². The molecule has 0 radical (unpaired) electrons. The summed E-state index contributed by atoms with van der Waals surface area (Å²) in [7, 11) is -4.42. The molecule has 0 fully saturated rings. The Labute approximate surface area is 394 Å². The van der Waals surface area contributed by atoms with Crippen LogP contribution in [-0.4, -0.2) is 49.3 Å². The maximum atomic E-state index is 12.6. The average molecular weight is 918 g/mol. The molecule has 65 heavy (non-hydrogen) atoms. The monoisotopic (exact) mass is 918 g/mol. The molecule has 0 aliphatic heterocycles. The molecule has 10 heteroatoms. The molecule has 0 heterocycles. The van der Waals surface area contributed by atoms with Gasteiger partial charge in [-0.25, -0.2) is 4.57 Å². The van der Waals surface area contributed by atoms with Gasteiger partial charge in [0.2, 0.25) is 0 Å². The summed E-state index contributed by atoms with van der Waals surface area (Å²) in [5.41, 5.74) is 5.35. The third-order valence-corrected chi connectivity index (χ3v) is 9.89. The van der Waals surface area contributed by atoms with Crippen LogP contribution < -0.4 is 5.73 Å². The van der Waals surface area contributed by atoms with E-state index in [0.717, 1.165) is 96.3 Å². The topological polar surface area (TPSA) is 134 Å². The molecule has 0 aromatic heterocycles. The number of ether oxygens (including phenoxy) is 2. The molecule has 0 spiro atoms. The number of carbonyl (C=O) groups excluding carboxylic acids is 2. The molecule has 2 atom stereocenters. The van der Waals surface area contributed by atoms with Crippen LogP contribution in [0.15, 0.2) is 158 Å². The Morgan fingerprint density at radius 2 is 0.800 bits per heavy atom. The first-order valence-electron chi connectivity index (χ1n) is 24.0. The van der Waals surface area contributed by atoms with Crippen LogP contribution in [0.25, 0.3) is 0 Å². The molecule has 0 aromatic rings. The molecule has 362 valence electrons. The second-order valence-electron chi connectivity index (χ2n) is 14.9. The Kier molecular flexibility index (Phi) is 45.8. The number of rotatable bonds is 42. The number of hydrogen-bond acceptors (Lipinski definition) is 8. The number of unbranched alkanes of at least 4 members (excludes halogenated alkanes) is 3. The van der Waals surface area contributed by atoms with Crippen LogP contribution in [0.1, 0.15) is 142 Å². The predicted molar refractivity (Wildman–Crippen MR) is 274 cm³/mol. The zero-order chi connectivity index (χ0) is 47.4. The summed E-state index contributed by atoms with van der Waals surface area (Å²) in [4.78, 5) is 35.0. The van der Waals surface area contributed by atoms with E-state index in [1.165, 1.54) is 0 Å². The summed E-state index contributed by atoms with van der Waals surface area (Å²) < 4.78 is 32.8. The highest BCUT2D eigenvalue weighted by molar-refractivity contribution is 7.47. The number of allylic oxidation sites excluding steroid dienone is 26. The normalized spacial score (nSPS) is 14.6. The lowest BCUT2D eigenvalue weighted by Crippen LogP contribution is -2.29. The molecule has 0 bridgehead atoms. The van der Waals surface area contributed by atoms with E-state index in [2.05, 4.69) is 166 Å². The standard InChI is InChI=1S/C55H84NO8P/c1-3-5-7-9-11-13-15-17-19-21-23-25-26-28-30-32-34-36-38-40-42-44-46-48-55(58)64-53(52-63-65(59,60)62-50-49-56)51-61-54(57)47-45-43-41-39-37-35-33-31-29-27-24-22-20-18-16-14-12-10-8-6-4-2/h5-8,11-14,17-20,23-25,27-28,30-31,33-34,36-37,39-40,42,53H,3-4,9-10,15-16,21-22,26,29,32,35,38,41,43-52,56H2,1-2H3,(H,59,60)/b7-5-,8-6-,13-11-,14-12-,19-17-,20-18-,25-23-,27-24-,30-28-,33-31-,36-34-,39-37-,42-40-. The zero-order valence-corrected chi connectivity index (χ0v) is 40.8. The van der Waals surface area contributed by atoms with Gasteiger partial charge in [-0.1, -0.05) is 172 Å². The number of phosphoric ester groups is 1. The summed E-state index contributed by atoms with van der Waals surface area (Å²) in [5.74, 6) is -0.968. The Morgan fingerprint density at radius 1 is 0.462 bits per heavy atom. The molecular weight excluding hydrogens is 834 g/mol. The number of phosphoric acid groups is 1. The summed E-state index contributed by atoms with van der Waals surface area (Å²) in [6, 6.07) is 0. The number of esters is 2. The summed E-state index contributed by atoms with van der Waals surface area (Å²) in [6.07, 6.45) is 71.4. The van der Waals surface area contributed by atoms with Gasteiger partial charge in [-0.05, 0) is 116 Å². The highest BCUT2D eigenvalue weighted by Crippen LogP contribution is 2.43. The first kappa shape index (κ1) is 60.6. The van der Waals surface area contributed by atoms with E-state index in [1.54, 1.807) is 0 Å². The van der Waals surface area contributed by atoms with Crippen LogP contribution in [0.4, 0.5) is 0 Å². The van der Waals surface area contributed by atoms with Crippen LogP contribution >= 0.6 is 7.82 Å². The quantitative estimate of drug-likeness (QED) is 0.0266. The number of nitrogens with two attached hydrogens (primary N) is 1. The molecule has 0 amide bonds. The zero-order valence-electron chi connectivity index (χ0n) is 39.9. The van der Waals surface area contributed by atoms with Gasteiger partial charge in [0, 0.05) is 19.4 Å². The van der Waals surface area contributed by atoms with Gasteiger partial charge in [-0.2, -0.15) is 0 Å². The van der Waals surface area contributed by atoms with Crippen molar-refractivity contribution in [3.8, 4) is 0 Å².